The van der Waals surface area contributed by atoms with Crippen LogP contribution in [0.4, 0.5) is 17.1 Å². The van der Waals surface area contributed by atoms with Crippen molar-refractivity contribution in [3.8, 4) is 0 Å². The van der Waals surface area contributed by atoms with Crippen LogP contribution in [0, 0.1) is 13.8 Å². The molecule has 1 heterocycles. The molecule has 0 saturated carbocycles. The second-order valence-electron chi connectivity index (χ2n) is 6.49. The fraction of sp³-hybridized carbons (Fsp3) is 0.136. The van der Waals surface area contributed by atoms with Gasteiger partial charge in [0.2, 0.25) is 0 Å². The first-order chi connectivity index (χ1) is 12.9. The van der Waals surface area contributed by atoms with Crippen LogP contribution in [0.5, 0.6) is 0 Å². The van der Waals surface area contributed by atoms with Crippen LogP contribution in [0.1, 0.15) is 38.8 Å². The van der Waals surface area contributed by atoms with Gasteiger partial charge in [-0.15, -0.1) is 0 Å². The molecule has 3 rings (SSSR count). The Hall–Kier alpha value is -3.47. The molecule has 0 aliphatic rings. The minimum absolute atomic E-state index is 0.0216. The van der Waals surface area contributed by atoms with Gasteiger partial charge in [-0.05, 0) is 62.7 Å². The van der Waals surface area contributed by atoms with Crippen molar-refractivity contribution in [2.75, 3.05) is 10.6 Å². The molecule has 2 N–H and O–H groups in total. The number of nitrogens with one attached hydrogen (secondary N) is 2. The van der Waals surface area contributed by atoms with Crippen LogP contribution >= 0.6 is 0 Å². The SMILES string of the molecule is CC(=O)c1ccc(Nc2cncc(C(=O)Nc3ccc(C)cc3C)c2)cc1. The maximum atomic E-state index is 12.6. The number of benzene rings is 2. The van der Waals surface area contributed by atoms with E-state index in [9.17, 15) is 9.59 Å². The number of nitrogens with zero attached hydrogens (tertiary/aromatic N) is 1. The molecule has 0 spiro atoms. The van der Waals surface area contributed by atoms with E-state index in [1.165, 1.54) is 13.1 Å². The van der Waals surface area contributed by atoms with E-state index in [4.69, 9.17) is 0 Å². The van der Waals surface area contributed by atoms with E-state index < -0.39 is 0 Å². The summed E-state index contributed by atoms with van der Waals surface area (Å²) in [7, 11) is 0. The van der Waals surface area contributed by atoms with Crippen molar-refractivity contribution < 1.29 is 9.59 Å². The minimum Gasteiger partial charge on any atom is -0.354 e. The Bertz CT molecular complexity index is 995. The molecule has 3 aromatic rings. The number of amides is 1. The number of anilines is 3. The number of aryl methyl sites for hydroxylation is 2. The Kier molecular flexibility index (Phi) is 5.31. The fourth-order valence-corrected chi connectivity index (χ4v) is 2.74. The summed E-state index contributed by atoms with van der Waals surface area (Å²) in [6.07, 6.45) is 3.18. The van der Waals surface area contributed by atoms with Gasteiger partial charge in [0.15, 0.2) is 5.78 Å². The monoisotopic (exact) mass is 359 g/mol. The van der Waals surface area contributed by atoms with Gasteiger partial charge in [-0.25, -0.2) is 0 Å². The second kappa shape index (κ2) is 7.83. The second-order valence-corrected chi connectivity index (χ2v) is 6.49. The van der Waals surface area contributed by atoms with Gasteiger partial charge in [0.25, 0.3) is 5.91 Å². The summed E-state index contributed by atoms with van der Waals surface area (Å²) in [6, 6.07) is 14.8. The highest BCUT2D eigenvalue weighted by molar-refractivity contribution is 6.05. The molecule has 0 aliphatic heterocycles. The van der Waals surface area contributed by atoms with Crippen molar-refractivity contribution in [2.45, 2.75) is 20.8 Å². The number of rotatable bonds is 5. The predicted octanol–water partition coefficient (Wildman–Crippen LogP) is 4.90. The lowest BCUT2D eigenvalue weighted by atomic mass is 10.1. The van der Waals surface area contributed by atoms with Gasteiger partial charge in [-0.3, -0.25) is 14.6 Å². The summed E-state index contributed by atoms with van der Waals surface area (Å²) >= 11 is 0. The van der Waals surface area contributed by atoms with Crippen LogP contribution in [-0.2, 0) is 0 Å². The Morgan fingerprint density at radius 1 is 0.852 bits per heavy atom. The standard InChI is InChI=1S/C22H21N3O2/c1-14-4-9-21(15(2)10-14)25-22(27)18-11-20(13-23-12-18)24-19-7-5-17(6-8-19)16(3)26/h4-13,24H,1-3H3,(H,25,27). The topological polar surface area (TPSA) is 71.1 Å². The minimum atomic E-state index is -0.218. The maximum Gasteiger partial charge on any atom is 0.257 e. The molecule has 136 valence electrons. The fourth-order valence-electron chi connectivity index (χ4n) is 2.74. The summed E-state index contributed by atoms with van der Waals surface area (Å²) in [5, 5.41) is 6.11. The normalized spacial score (nSPS) is 10.3. The third-order valence-electron chi connectivity index (χ3n) is 4.21. The van der Waals surface area contributed by atoms with E-state index in [0.29, 0.717) is 16.8 Å². The van der Waals surface area contributed by atoms with Crippen LogP contribution in [0.25, 0.3) is 0 Å². The van der Waals surface area contributed by atoms with E-state index in [1.807, 2.05) is 44.2 Å². The molecule has 0 saturated heterocycles. The predicted molar refractivity (Wildman–Crippen MR) is 108 cm³/mol. The molecular weight excluding hydrogens is 338 g/mol. The zero-order valence-electron chi connectivity index (χ0n) is 15.5. The number of hydrogen-bond acceptors (Lipinski definition) is 4. The number of hydrogen-bond donors (Lipinski definition) is 2. The van der Waals surface area contributed by atoms with E-state index >= 15 is 0 Å². The highest BCUT2D eigenvalue weighted by Gasteiger charge is 2.09. The van der Waals surface area contributed by atoms with Crippen molar-refractivity contribution in [1.29, 1.82) is 0 Å². The highest BCUT2D eigenvalue weighted by atomic mass is 16.1. The van der Waals surface area contributed by atoms with Crippen LogP contribution in [0.15, 0.2) is 60.9 Å². The third-order valence-corrected chi connectivity index (χ3v) is 4.21. The van der Waals surface area contributed by atoms with Gasteiger partial charge in [-0.2, -0.15) is 0 Å². The van der Waals surface area contributed by atoms with E-state index in [2.05, 4.69) is 15.6 Å². The number of Topliss-reactive ketones (excluding diaryl/α,β-unsaturated/α-hetero) is 1. The molecule has 0 bridgehead atoms. The quantitative estimate of drug-likeness (QED) is 0.636. The molecule has 1 aromatic heterocycles. The Morgan fingerprint density at radius 3 is 2.26 bits per heavy atom. The number of carbonyl (C=O) groups is 2. The van der Waals surface area contributed by atoms with Gasteiger partial charge in [0, 0.05) is 23.1 Å². The van der Waals surface area contributed by atoms with E-state index in [0.717, 1.165) is 22.5 Å². The molecule has 5 nitrogen and oxygen atoms in total. The van der Waals surface area contributed by atoms with Crippen LogP contribution in [0.2, 0.25) is 0 Å². The summed E-state index contributed by atoms with van der Waals surface area (Å²) in [4.78, 5) is 28.1. The molecule has 0 fully saturated rings. The van der Waals surface area contributed by atoms with E-state index in [1.54, 1.807) is 24.4 Å². The van der Waals surface area contributed by atoms with Gasteiger partial charge in [0.05, 0.1) is 17.4 Å². The third kappa shape index (κ3) is 4.58. The lowest BCUT2D eigenvalue weighted by molar-refractivity contribution is 0.101. The smallest absolute Gasteiger partial charge is 0.257 e. The first kappa shape index (κ1) is 18.3. The Labute approximate surface area is 158 Å². The lowest BCUT2D eigenvalue weighted by Gasteiger charge is -2.11. The zero-order valence-corrected chi connectivity index (χ0v) is 15.5. The molecule has 27 heavy (non-hydrogen) atoms. The first-order valence-electron chi connectivity index (χ1n) is 8.64. The number of carbonyl (C=O) groups excluding carboxylic acids is 2. The number of aromatic nitrogens is 1. The van der Waals surface area contributed by atoms with Crippen molar-refractivity contribution in [2.24, 2.45) is 0 Å². The van der Waals surface area contributed by atoms with Gasteiger partial charge >= 0.3 is 0 Å². The van der Waals surface area contributed by atoms with Crippen molar-refractivity contribution in [1.82, 2.24) is 4.98 Å². The lowest BCUT2D eigenvalue weighted by Crippen LogP contribution is -2.13. The first-order valence-corrected chi connectivity index (χ1v) is 8.64. The maximum absolute atomic E-state index is 12.6. The van der Waals surface area contributed by atoms with Gasteiger partial charge in [-0.1, -0.05) is 17.7 Å². The molecule has 0 aliphatic carbocycles. The van der Waals surface area contributed by atoms with Crippen LogP contribution in [-0.4, -0.2) is 16.7 Å². The van der Waals surface area contributed by atoms with Crippen molar-refractivity contribution in [3.05, 3.63) is 83.2 Å². The average Bonchev–Trinajstić information content (AvgIpc) is 2.64. The molecule has 0 unspecified atom stereocenters. The van der Waals surface area contributed by atoms with Crippen molar-refractivity contribution in [3.63, 3.8) is 0 Å². The molecule has 1 amide bonds. The molecule has 0 radical (unpaired) electrons. The Morgan fingerprint density at radius 2 is 1.59 bits per heavy atom. The summed E-state index contributed by atoms with van der Waals surface area (Å²) in [5.41, 5.74) is 5.56. The molecule has 5 heteroatoms. The summed E-state index contributed by atoms with van der Waals surface area (Å²) < 4.78 is 0. The zero-order chi connectivity index (χ0) is 19.4. The molecule has 2 aromatic carbocycles. The van der Waals surface area contributed by atoms with Crippen LogP contribution < -0.4 is 10.6 Å². The summed E-state index contributed by atoms with van der Waals surface area (Å²) in [5.74, 6) is -0.196. The van der Waals surface area contributed by atoms with E-state index in [-0.39, 0.29) is 11.7 Å². The largest absolute Gasteiger partial charge is 0.354 e. The van der Waals surface area contributed by atoms with Gasteiger partial charge < -0.3 is 10.6 Å². The number of pyridine rings is 1. The molecule has 0 atom stereocenters. The van der Waals surface area contributed by atoms with Crippen molar-refractivity contribution >= 4 is 28.8 Å². The Balaban J connectivity index is 1.74. The highest BCUT2D eigenvalue weighted by Crippen LogP contribution is 2.20. The average molecular weight is 359 g/mol. The van der Waals surface area contributed by atoms with Crippen LogP contribution in [0.3, 0.4) is 0 Å². The van der Waals surface area contributed by atoms with Gasteiger partial charge in [0.1, 0.15) is 0 Å². The number of ketones is 1. The summed E-state index contributed by atoms with van der Waals surface area (Å²) in [6.45, 7) is 5.51. The molecular formula is C22H21N3O2.